The molecule has 10 heteroatoms. The van der Waals surface area contributed by atoms with Crippen LogP contribution in [0.4, 0.5) is 10.1 Å². The van der Waals surface area contributed by atoms with Gasteiger partial charge in [0.1, 0.15) is 5.82 Å². The largest absolute Gasteiger partial charge is 0.315 e. The normalized spacial score (nSPS) is 17.4. The molecule has 1 aliphatic rings. The van der Waals surface area contributed by atoms with E-state index in [0.29, 0.717) is 32.5 Å². The number of hydrogen-bond acceptors (Lipinski definition) is 5. The van der Waals surface area contributed by atoms with E-state index in [9.17, 15) is 21.2 Å². The van der Waals surface area contributed by atoms with Crippen LogP contribution in [0.2, 0.25) is 0 Å². The molecule has 0 atom stereocenters. The molecule has 1 aromatic rings. The van der Waals surface area contributed by atoms with Crippen molar-refractivity contribution >= 4 is 25.7 Å². The molecule has 1 aliphatic heterocycles. The molecule has 0 amide bonds. The smallest absolute Gasteiger partial charge is 0.243 e. The standard InChI is InChI=1S/C14H22FN3O4S2/c1-2-10-23(19,20)17-14-5-4-12(11-13(14)15)24(21,22)18-8-3-6-16-7-9-18/h4-5,11,16-17H,2-3,6-10H2,1H3. The topological polar surface area (TPSA) is 95.6 Å². The van der Waals surface area contributed by atoms with Crippen molar-refractivity contribution in [2.75, 3.05) is 36.7 Å². The van der Waals surface area contributed by atoms with Crippen molar-refractivity contribution in [3.05, 3.63) is 24.0 Å². The van der Waals surface area contributed by atoms with Gasteiger partial charge in [-0.05, 0) is 37.6 Å². The maximum atomic E-state index is 14.2. The third-order valence-electron chi connectivity index (χ3n) is 3.62. The van der Waals surface area contributed by atoms with Gasteiger partial charge in [0.05, 0.1) is 16.3 Å². The third kappa shape index (κ3) is 4.65. The summed E-state index contributed by atoms with van der Waals surface area (Å²) >= 11 is 0. The highest BCUT2D eigenvalue weighted by atomic mass is 32.2. The predicted molar refractivity (Wildman–Crippen MR) is 90.3 cm³/mol. The van der Waals surface area contributed by atoms with Gasteiger partial charge in [0.2, 0.25) is 20.0 Å². The molecule has 0 aliphatic carbocycles. The molecule has 0 bridgehead atoms. The van der Waals surface area contributed by atoms with Crippen LogP contribution in [0.3, 0.4) is 0 Å². The summed E-state index contributed by atoms with van der Waals surface area (Å²) in [5, 5.41) is 3.10. The van der Waals surface area contributed by atoms with Crippen molar-refractivity contribution in [1.82, 2.24) is 9.62 Å². The van der Waals surface area contributed by atoms with E-state index < -0.39 is 25.9 Å². The molecule has 136 valence electrons. The van der Waals surface area contributed by atoms with Crippen molar-refractivity contribution in [1.29, 1.82) is 0 Å². The van der Waals surface area contributed by atoms with E-state index in [1.54, 1.807) is 6.92 Å². The quantitative estimate of drug-likeness (QED) is 0.768. The van der Waals surface area contributed by atoms with Crippen LogP contribution >= 0.6 is 0 Å². The van der Waals surface area contributed by atoms with Gasteiger partial charge in [-0.1, -0.05) is 6.92 Å². The zero-order chi connectivity index (χ0) is 17.8. The maximum Gasteiger partial charge on any atom is 0.243 e. The highest BCUT2D eigenvalue weighted by Gasteiger charge is 2.26. The Labute approximate surface area is 142 Å². The number of anilines is 1. The van der Waals surface area contributed by atoms with E-state index in [4.69, 9.17) is 0 Å². The van der Waals surface area contributed by atoms with Crippen LogP contribution in [0.25, 0.3) is 0 Å². The number of benzene rings is 1. The first kappa shape index (κ1) is 19.1. The molecule has 2 rings (SSSR count). The second-order valence-electron chi connectivity index (χ2n) is 5.57. The molecule has 24 heavy (non-hydrogen) atoms. The average molecular weight is 379 g/mol. The first-order valence-corrected chi connectivity index (χ1v) is 10.9. The monoisotopic (exact) mass is 379 g/mol. The van der Waals surface area contributed by atoms with Gasteiger partial charge in [0.15, 0.2) is 0 Å². The fraction of sp³-hybridized carbons (Fsp3) is 0.571. The Morgan fingerprint density at radius 1 is 1.21 bits per heavy atom. The molecule has 1 saturated heterocycles. The molecule has 2 N–H and O–H groups in total. The summed E-state index contributed by atoms with van der Waals surface area (Å²) in [5.74, 6) is -1.04. The minimum Gasteiger partial charge on any atom is -0.315 e. The van der Waals surface area contributed by atoms with Crippen LogP contribution in [0, 0.1) is 5.82 Å². The van der Waals surface area contributed by atoms with Crippen LogP contribution in [-0.4, -0.2) is 53.1 Å². The first-order chi connectivity index (χ1) is 11.3. The van der Waals surface area contributed by atoms with Gasteiger partial charge in [0, 0.05) is 19.6 Å². The minimum absolute atomic E-state index is 0.132. The lowest BCUT2D eigenvalue weighted by Crippen LogP contribution is -2.34. The second-order valence-corrected chi connectivity index (χ2v) is 9.35. The highest BCUT2D eigenvalue weighted by molar-refractivity contribution is 7.92. The molecule has 0 spiro atoms. The molecule has 1 aromatic carbocycles. The Kier molecular flexibility index (Phi) is 6.18. The number of halogens is 1. The van der Waals surface area contributed by atoms with Crippen LogP contribution in [0.5, 0.6) is 0 Å². The molecule has 7 nitrogen and oxygen atoms in total. The lowest BCUT2D eigenvalue weighted by molar-refractivity contribution is 0.431. The zero-order valence-corrected chi connectivity index (χ0v) is 15.1. The summed E-state index contributed by atoms with van der Waals surface area (Å²) in [6, 6.07) is 3.23. The summed E-state index contributed by atoms with van der Waals surface area (Å²) in [4.78, 5) is -0.180. The van der Waals surface area contributed by atoms with Gasteiger partial charge >= 0.3 is 0 Å². The fourth-order valence-corrected chi connectivity index (χ4v) is 5.07. The lowest BCUT2D eigenvalue weighted by Gasteiger charge is -2.20. The Bertz CT molecular complexity index is 773. The van der Waals surface area contributed by atoms with Crippen molar-refractivity contribution in [2.45, 2.75) is 24.7 Å². The molecule has 0 radical (unpaired) electrons. The molecule has 1 fully saturated rings. The number of hydrogen-bond donors (Lipinski definition) is 2. The van der Waals surface area contributed by atoms with Crippen molar-refractivity contribution in [3.63, 3.8) is 0 Å². The van der Waals surface area contributed by atoms with Crippen LogP contribution in [0.1, 0.15) is 19.8 Å². The molecular formula is C14H22FN3O4S2. The van der Waals surface area contributed by atoms with E-state index in [1.165, 1.54) is 10.4 Å². The number of nitrogens with zero attached hydrogens (tertiary/aromatic N) is 1. The predicted octanol–water partition coefficient (Wildman–Crippen LogP) is 0.961. The van der Waals surface area contributed by atoms with E-state index >= 15 is 0 Å². The van der Waals surface area contributed by atoms with Crippen LogP contribution in [-0.2, 0) is 20.0 Å². The van der Waals surface area contributed by atoms with Crippen molar-refractivity contribution in [3.8, 4) is 0 Å². The number of rotatable bonds is 6. The molecule has 1 heterocycles. The zero-order valence-electron chi connectivity index (χ0n) is 13.5. The van der Waals surface area contributed by atoms with E-state index in [-0.39, 0.29) is 16.3 Å². The summed E-state index contributed by atoms with van der Waals surface area (Å²) < 4.78 is 66.2. The van der Waals surface area contributed by atoms with Crippen molar-refractivity contribution < 1.29 is 21.2 Å². The highest BCUT2D eigenvalue weighted by Crippen LogP contribution is 2.23. The van der Waals surface area contributed by atoms with Gasteiger partial charge in [-0.3, -0.25) is 4.72 Å². The van der Waals surface area contributed by atoms with Crippen LogP contribution in [0.15, 0.2) is 23.1 Å². The molecular weight excluding hydrogens is 357 g/mol. The molecule has 0 saturated carbocycles. The molecule has 0 unspecified atom stereocenters. The van der Waals surface area contributed by atoms with Gasteiger partial charge < -0.3 is 5.32 Å². The Morgan fingerprint density at radius 3 is 2.62 bits per heavy atom. The second kappa shape index (κ2) is 7.77. The van der Waals surface area contributed by atoms with Crippen molar-refractivity contribution in [2.24, 2.45) is 0 Å². The van der Waals surface area contributed by atoms with Gasteiger partial charge in [-0.25, -0.2) is 21.2 Å². The Hall–Kier alpha value is -1.23. The third-order valence-corrected chi connectivity index (χ3v) is 6.99. The SMILES string of the molecule is CCCS(=O)(=O)Nc1ccc(S(=O)(=O)N2CCCNCC2)cc1F. The molecule has 0 aromatic heterocycles. The summed E-state index contributed by atoms with van der Waals surface area (Å²) in [7, 11) is -7.44. The average Bonchev–Trinajstić information content (AvgIpc) is 2.78. The van der Waals surface area contributed by atoms with E-state index in [2.05, 4.69) is 10.0 Å². The van der Waals surface area contributed by atoms with E-state index in [0.717, 1.165) is 18.7 Å². The summed E-state index contributed by atoms with van der Waals surface area (Å²) in [6.45, 7) is 3.65. The Morgan fingerprint density at radius 2 is 1.96 bits per heavy atom. The van der Waals surface area contributed by atoms with Gasteiger partial charge in [-0.2, -0.15) is 4.31 Å². The van der Waals surface area contributed by atoms with Crippen LogP contribution < -0.4 is 10.0 Å². The fourth-order valence-electron chi connectivity index (χ4n) is 2.44. The Balaban J connectivity index is 2.25. The summed E-state index contributed by atoms with van der Waals surface area (Å²) in [6.07, 6.45) is 1.07. The first-order valence-electron chi connectivity index (χ1n) is 7.77. The number of nitrogens with one attached hydrogen (secondary N) is 2. The number of sulfonamides is 2. The summed E-state index contributed by atoms with van der Waals surface area (Å²) in [5.41, 5.74) is -0.250. The van der Waals surface area contributed by atoms with Gasteiger partial charge in [0.25, 0.3) is 0 Å². The van der Waals surface area contributed by atoms with E-state index in [1.807, 2.05) is 0 Å². The van der Waals surface area contributed by atoms with Gasteiger partial charge in [-0.15, -0.1) is 0 Å². The maximum absolute atomic E-state index is 14.2. The minimum atomic E-state index is -3.80. The lowest BCUT2D eigenvalue weighted by atomic mass is 10.3.